The first kappa shape index (κ1) is 15.1. The van der Waals surface area contributed by atoms with Gasteiger partial charge in [-0.1, -0.05) is 43.2 Å². The van der Waals surface area contributed by atoms with Crippen LogP contribution in [0.3, 0.4) is 0 Å². The molecule has 21 heavy (non-hydrogen) atoms. The van der Waals surface area contributed by atoms with Gasteiger partial charge in [0.1, 0.15) is 0 Å². The molecule has 1 aromatic carbocycles. The van der Waals surface area contributed by atoms with E-state index in [1.54, 1.807) is 0 Å². The van der Waals surface area contributed by atoms with E-state index in [4.69, 9.17) is 0 Å². The van der Waals surface area contributed by atoms with Crippen LogP contribution in [0.25, 0.3) is 0 Å². The highest BCUT2D eigenvalue weighted by atomic mass is 15.2. The van der Waals surface area contributed by atoms with Gasteiger partial charge in [0.25, 0.3) is 0 Å². The summed E-state index contributed by atoms with van der Waals surface area (Å²) < 4.78 is 0. The predicted octanol–water partition coefficient (Wildman–Crippen LogP) is 3.57. The Morgan fingerprint density at radius 1 is 1.00 bits per heavy atom. The molecule has 1 aliphatic heterocycles. The van der Waals surface area contributed by atoms with Crippen molar-refractivity contribution in [3.8, 4) is 0 Å². The minimum absolute atomic E-state index is 0.778. The van der Waals surface area contributed by atoms with Crippen LogP contribution < -0.4 is 0 Å². The normalized spacial score (nSPS) is 27.3. The van der Waals surface area contributed by atoms with Crippen molar-refractivity contribution in [3.05, 3.63) is 35.9 Å². The number of likely N-dealkylation sites (tertiary alicyclic amines) is 1. The third-order valence-corrected chi connectivity index (χ3v) is 5.47. The van der Waals surface area contributed by atoms with E-state index in [9.17, 15) is 0 Å². The van der Waals surface area contributed by atoms with Crippen LogP contribution in [0.4, 0.5) is 0 Å². The summed E-state index contributed by atoms with van der Waals surface area (Å²) >= 11 is 0. The van der Waals surface area contributed by atoms with Crippen molar-refractivity contribution in [2.45, 2.75) is 57.0 Å². The Morgan fingerprint density at radius 3 is 2.48 bits per heavy atom. The minimum Gasteiger partial charge on any atom is -0.302 e. The SMILES string of the molecule is CN(CCc1ccccc1)C1CCCC[C@H]1N1CCCC1. The molecule has 2 atom stereocenters. The van der Waals surface area contributed by atoms with E-state index in [1.807, 2.05) is 0 Å². The van der Waals surface area contributed by atoms with Gasteiger partial charge in [-0.15, -0.1) is 0 Å². The third-order valence-electron chi connectivity index (χ3n) is 5.47. The maximum absolute atomic E-state index is 2.78. The number of likely N-dealkylation sites (N-methyl/N-ethyl adjacent to an activating group) is 1. The summed E-state index contributed by atoms with van der Waals surface area (Å²) in [7, 11) is 2.35. The largest absolute Gasteiger partial charge is 0.302 e. The van der Waals surface area contributed by atoms with Crippen molar-refractivity contribution in [1.29, 1.82) is 0 Å². The second-order valence-corrected chi connectivity index (χ2v) is 6.88. The second kappa shape index (κ2) is 7.42. The van der Waals surface area contributed by atoms with Crippen molar-refractivity contribution in [1.82, 2.24) is 9.80 Å². The fourth-order valence-corrected chi connectivity index (χ4v) is 4.22. The Labute approximate surface area is 130 Å². The lowest BCUT2D eigenvalue weighted by Gasteiger charge is -2.42. The van der Waals surface area contributed by atoms with Gasteiger partial charge in [-0.25, -0.2) is 0 Å². The van der Waals surface area contributed by atoms with Crippen LogP contribution in [0.15, 0.2) is 30.3 Å². The van der Waals surface area contributed by atoms with E-state index in [1.165, 1.54) is 70.1 Å². The fraction of sp³-hybridized carbons (Fsp3) is 0.684. The first-order valence-electron chi connectivity index (χ1n) is 8.83. The molecule has 1 aliphatic carbocycles. The first-order chi connectivity index (χ1) is 10.3. The zero-order chi connectivity index (χ0) is 14.5. The number of hydrogen-bond acceptors (Lipinski definition) is 2. The molecular weight excluding hydrogens is 256 g/mol. The molecular formula is C19H30N2. The summed E-state index contributed by atoms with van der Waals surface area (Å²) in [5.74, 6) is 0. The molecule has 116 valence electrons. The van der Waals surface area contributed by atoms with Crippen LogP contribution in [0.2, 0.25) is 0 Å². The number of nitrogens with zero attached hydrogens (tertiary/aromatic N) is 2. The molecule has 1 aromatic rings. The topological polar surface area (TPSA) is 6.48 Å². The van der Waals surface area contributed by atoms with Gasteiger partial charge in [-0.2, -0.15) is 0 Å². The monoisotopic (exact) mass is 286 g/mol. The summed E-state index contributed by atoms with van der Waals surface area (Å²) in [5, 5.41) is 0. The Balaban J connectivity index is 1.57. The molecule has 3 rings (SSSR count). The van der Waals surface area contributed by atoms with Gasteiger partial charge in [-0.05, 0) is 57.8 Å². The average Bonchev–Trinajstić information content (AvgIpc) is 3.08. The average molecular weight is 286 g/mol. The van der Waals surface area contributed by atoms with Gasteiger partial charge >= 0.3 is 0 Å². The van der Waals surface area contributed by atoms with Crippen LogP contribution in [-0.2, 0) is 6.42 Å². The zero-order valence-electron chi connectivity index (χ0n) is 13.5. The van der Waals surface area contributed by atoms with Gasteiger partial charge in [-0.3, -0.25) is 4.90 Å². The molecule has 1 unspecified atom stereocenters. The van der Waals surface area contributed by atoms with Gasteiger partial charge in [0.2, 0.25) is 0 Å². The van der Waals surface area contributed by atoms with E-state index in [0.717, 1.165) is 12.1 Å². The molecule has 2 fully saturated rings. The van der Waals surface area contributed by atoms with Crippen LogP contribution in [0.1, 0.15) is 44.1 Å². The zero-order valence-corrected chi connectivity index (χ0v) is 13.5. The Morgan fingerprint density at radius 2 is 1.71 bits per heavy atom. The standard InChI is InChI=1S/C19H30N2/c1-20(16-13-17-9-3-2-4-10-17)18-11-5-6-12-19(18)21-14-7-8-15-21/h2-4,9-10,18-19H,5-8,11-16H2,1H3/t18?,19-/m1/s1. The van der Waals surface area contributed by atoms with E-state index < -0.39 is 0 Å². The molecule has 0 radical (unpaired) electrons. The minimum atomic E-state index is 0.778. The van der Waals surface area contributed by atoms with Crippen molar-refractivity contribution >= 4 is 0 Å². The third kappa shape index (κ3) is 3.87. The maximum atomic E-state index is 2.78. The number of benzene rings is 1. The molecule has 0 amide bonds. The molecule has 0 N–H and O–H groups in total. The number of rotatable bonds is 5. The van der Waals surface area contributed by atoms with Crippen LogP contribution in [0, 0.1) is 0 Å². The molecule has 0 spiro atoms. The summed E-state index contributed by atoms with van der Waals surface area (Å²) in [4.78, 5) is 5.43. The highest BCUT2D eigenvalue weighted by Gasteiger charge is 2.33. The quantitative estimate of drug-likeness (QED) is 0.816. The molecule has 2 aliphatic rings. The van der Waals surface area contributed by atoms with E-state index >= 15 is 0 Å². The summed E-state index contributed by atoms with van der Waals surface area (Å²) in [6.07, 6.45) is 9.68. The van der Waals surface area contributed by atoms with Crippen LogP contribution in [-0.4, -0.2) is 48.6 Å². The van der Waals surface area contributed by atoms with E-state index in [0.29, 0.717) is 0 Å². The second-order valence-electron chi connectivity index (χ2n) is 6.88. The molecule has 1 saturated carbocycles. The molecule has 0 aromatic heterocycles. The summed E-state index contributed by atoms with van der Waals surface area (Å²) in [6, 6.07) is 12.5. The molecule has 1 heterocycles. The van der Waals surface area contributed by atoms with Crippen molar-refractivity contribution in [2.24, 2.45) is 0 Å². The van der Waals surface area contributed by atoms with E-state index in [-0.39, 0.29) is 0 Å². The van der Waals surface area contributed by atoms with Crippen molar-refractivity contribution < 1.29 is 0 Å². The lowest BCUT2D eigenvalue weighted by atomic mass is 9.88. The molecule has 2 heteroatoms. The lowest BCUT2D eigenvalue weighted by Crippen LogP contribution is -2.51. The highest BCUT2D eigenvalue weighted by molar-refractivity contribution is 5.14. The lowest BCUT2D eigenvalue weighted by molar-refractivity contribution is 0.0771. The smallest absolute Gasteiger partial charge is 0.0251 e. The van der Waals surface area contributed by atoms with Crippen LogP contribution in [0.5, 0.6) is 0 Å². The predicted molar refractivity (Wildman–Crippen MR) is 89.6 cm³/mol. The van der Waals surface area contributed by atoms with Gasteiger partial charge < -0.3 is 4.90 Å². The van der Waals surface area contributed by atoms with Crippen molar-refractivity contribution in [2.75, 3.05) is 26.7 Å². The van der Waals surface area contributed by atoms with E-state index in [2.05, 4.69) is 47.2 Å². The van der Waals surface area contributed by atoms with Gasteiger partial charge in [0.05, 0.1) is 0 Å². The fourth-order valence-electron chi connectivity index (χ4n) is 4.22. The van der Waals surface area contributed by atoms with Crippen LogP contribution >= 0.6 is 0 Å². The Hall–Kier alpha value is -0.860. The Kier molecular flexibility index (Phi) is 5.32. The number of hydrogen-bond donors (Lipinski definition) is 0. The highest BCUT2D eigenvalue weighted by Crippen LogP contribution is 2.29. The van der Waals surface area contributed by atoms with Gasteiger partial charge in [0, 0.05) is 18.6 Å². The molecule has 0 bridgehead atoms. The maximum Gasteiger partial charge on any atom is 0.0251 e. The summed E-state index contributed by atoms with van der Waals surface area (Å²) in [5.41, 5.74) is 1.47. The Bertz CT molecular complexity index is 411. The first-order valence-corrected chi connectivity index (χ1v) is 8.83. The van der Waals surface area contributed by atoms with Gasteiger partial charge in [0.15, 0.2) is 0 Å². The van der Waals surface area contributed by atoms with Crippen molar-refractivity contribution in [3.63, 3.8) is 0 Å². The molecule has 2 nitrogen and oxygen atoms in total. The summed E-state index contributed by atoms with van der Waals surface area (Å²) in [6.45, 7) is 3.88. The molecule has 1 saturated heterocycles.